The Morgan fingerprint density at radius 3 is 2.55 bits per heavy atom. The number of anilines is 1. The van der Waals surface area contributed by atoms with Crippen LogP contribution in [0.1, 0.15) is 5.56 Å². The number of ether oxygens (including phenoxy) is 1. The van der Waals surface area contributed by atoms with Gasteiger partial charge in [-0.15, -0.1) is 0 Å². The van der Waals surface area contributed by atoms with E-state index < -0.39 is 0 Å². The third kappa shape index (κ3) is 4.31. The Kier molecular flexibility index (Phi) is 5.07. The fraction of sp³-hybridized carbons (Fsp3) is 0.188. The van der Waals surface area contributed by atoms with E-state index in [0.717, 1.165) is 22.7 Å². The zero-order valence-electron chi connectivity index (χ0n) is 11.6. The number of hydrogen-bond donors (Lipinski definition) is 1. The smallest absolute Gasteiger partial charge is 0.234 e. The van der Waals surface area contributed by atoms with Crippen LogP contribution < -0.4 is 10.1 Å². The van der Waals surface area contributed by atoms with E-state index in [1.165, 1.54) is 11.8 Å². The van der Waals surface area contributed by atoms with E-state index >= 15 is 0 Å². The monoisotopic (exact) mass is 287 g/mol. The first-order valence-electron chi connectivity index (χ1n) is 6.31. The maximum absolute atomic E-state index is 11.5. The second kappa shape index (κ2) is 7.01. The molecule has 0 heterocycles. The summed E-state index contributed by atoms with van der Waals surface area (Å²) < 4.78 is 5.75. The van der Waals surface area contributed by atoms with Crippen LogP contribution in [0.15, 0.2) is 48.5 Å². The van der Waals surface area contributed by atoms with E-state index in [-0.39, 0.29) is 5.91 Å². The number of benzene rings is 2. The van der Waals surface area contributed by atoms with Crippen molar-refractivity contribution in [1.82, 2.24) is 0 Å². The highest BCUT2D eigenvalue weighted by Crippen LogP contribution is 2.23. The van der Waals surface area contributed by atoms with Crippen LogP contribution in [0.3, 0.4) is 0 Å². The highest BCUT2D eigenvalue weighted by Gasteiger charge is 2.02. The van der Waals surface area contributed by atoms with Gasteiger partial charge in [0.1, 0.15) is 11.5 Å². The number of rotatable bonds is 5. The molecular weight excluding hydrogens is 270 g/mol. The predicted octanol–water partition coefficient (Wildman–Crippen LogP) is 4.09. The Bertz CT molecular complexity index is 581. The maximum atomic E-state index is 11.5. The number of nitrogens with one attached hydrogen (secondary N) is 1. The molecule has 0 spiro atoms. The van der Waals surface area contributed by atoms with Crippen LogP contribution in [0.4, 0.5) is 5.69 Å². The fourth-order valence-corrected chi connectivity index (χ4v) is 2.08. The highest BCUT2D eigenvalue weighted by atomic mass is 32.2. The van der Waals surface area contributed by atoms with Gasteiger partial charge in [-0.2, -0.15) is 11.8 Å². The van der Waals surface area contributed by atoms with Gasteiger partial charge in [-0.3, -0.25) is 4.79 Å². The molecule has 0 atom stereocenters. The van der Waals surface area contributed by atoms with E-state index in [4.69, 9.17) is 4.74 Å². The van der Waals surface area contributed by atoms with Crippen molar-refractivity contribution >= 4 is 23.4 Å². The molecule has 0 saturated heterocycles. The SMILES string of the molecule is CSCC(=O)Nc1ccc(Oc2cccc(C)c2)cc1. The largest absolute Gasteiger partial charge is 0.457 e. The van der Waals surface area contributed by atoms with Crippen LogP contribution >= 0.6 is 11.8 Å². The van der Waals surface area contributed by atoms with Gasteiger partial charge in [0.25, 0.3) is 0 Å². The zero-order chi connectivity index (χ0) is 14.4. The molecule has 20 heavy (non-hydrogen) atoms. The van der Waals surface area contributed by atoms with Crippen molar-refractivity contribution in [3.05, 3.63) is 54.1 Å². The molecule has 0 saturated carbocycles. The Morgan fingerprint density at radius 1 is 1.15 bits per heavy atom. The second-order valence-corrected chi connectivity index (χ2v) is 5.29. The molecule has 0 aliphatic rings. The molecule has 2 aromatic rings. The Hall–Kier alpha value is -1.94. The molecule has 0 radical (unpaired) electrons. The summed E-state index contributed by atoms with van der Waals surface area (Å²) in [6.07, 6.45) is 1.90. The summed E-state index contributed by atoms with van der Waals surface area (Å²) in [5, 5.41) is 2.83. The standard InChI is InChI=1S/C16H17NO2S/c1-12-4-3-5-15(10-12)19-14-8-6-13(7-9-14)17-16(18)11-20-2/h3-10H,11H2,1-2H3,(H,17,18). The molecule has 2 aromatic carbocycles. The third-order valence-corrected chi connectivity index (χ3v) is 3.19. The Morgan fingerprint density at radius 2 is 1.90 bits per heavy atom. The average Bonchev–Trinajstić information content (AvgIpc) is 2.41. The molecule has 1 N–H and O–H groups in total. The lowest BCUT2D eigenvalue weighted by atomic mass is 10.2. The van der Waals surface area contributed by atoms with E-state index in [1.54, 1.807) is 0 Å². The number of thioether (sulfide) groups is 1. The number of amides is 1. The van der Waals surface area contributed by atoms with Crippen molar-refractivity contribution in [1.29, 1.82) is 0 Å². The summed E-state index contributed by atoms with van der Waals surface area (Å²) in [6, 6.07) is 15.2. The normalized spacial score (nSPS) is 10.1. The van der Waals surface area contributed by atoms with Crippen molar-refractivity contribution in [3.8, 4) is 11.5 Å². The van der Waals surface area contributed by atoms with Crippen molar-refractivity contribution in [2.45, 2.75) is 6.92 Å². The molecular formula is C16H17NO2S. The van der Waals surface area contributed by atoms with Gasteiger partial charge in [0, 0.05) is 5.69 Å². The maximum Gasteiger partial charge on any atom is 0.234 e. The Labute approximate surface area is 123 Å². The van der Waals surface area contributed by atoms with Crippen molar-refractivity contribution < 1.29 is 9.53 Å². The summed E-state index contributed by atoms with van der Waals surface area (Å²) in [7, 11) is 0. The first-order chi connectivity index (χ1) is 9.67. The molecule has 0 fully saturated rings. The van der Waals surface area contributed by atoms with Crippen LogP contribution in [0, 0.1) is 6.92 Å². The molecule has 0 aliphatic heterocycles. The number of carbonyl (C=O) groups excluding carboxylic acids is 1. The van der Waals surface area contributed by atoms with Gasteiger partial charge in [0.05, 0.1) is 5.75 Å². The molecule has 104 valence electrons. The number of carbonyl (C=O) groups is 1. The average molecular weight is 287 g/mol. The first kappa shape index (κ1) is 14.5. The molecule has 0 aromatic heterocycles. The number of hydrogen-bond acceptors (Lipinski definition) is 3. The van der Waals surface area contributed by atoms with Gasteiger partial charge in [-0.1, -0.05) is 12.1 Å². The lowest BCUT2D eigenvalue weighted by Gasteiger charge is -2.08. The summed E-state index contributed by atoms with van der Waals surface area (Å²) in [6.45, 7) is 2.03. The quantitative estimate of drug-likeness (QED) is 0.900. The van der Waals surface area contributed by atoms with E-state index in [1.807, 2.05) is 61.7 Å². The number of aryl methyl sites for hydroxylation is 1. The zero-order valence-corrected chi connectivity index (χ0v) is 12.4. The second-order valence-electron chi connectivity index (χ2n) is 4.42. The van der Waals surface area contributed by atoms with Gasteiger partial charge in [-0.25, -0.2) is 0 Å². The van der Waals surface area contributed by atoms with Crippen LogP contribution in [-0.2, 0) is 4.79 Å². The van der Waals surface area contributed by atoms with Gasteiger partial charge in [-0.05, 0) is 55.1 Å². The van der Waals surface area contributed by atoms with Crippen LogP contribution in [0.5, 0.6) is 11.5 Å². The minimum atomic E-state index is 0.00449. The van der Waals surface area contributed by atoms with E-state index in [0.29, 0.717) is 5.75 Å². The van der Waals surface area contributed by atoms with Crippen LogP contribution in [0.2, 0.25) is 0 Å². The molecule has 0 bridgehead atoms. The topological polar surface area (TPSA) is 38.3 Å². The molecule has 0 aliphatic carbocycles. The van der Waals surface area contributed by atoms with Gasteiger partial charge >= 0.3 is 0 Å². The van der Waals surface area contributed by atoms with Crippen LogP contribution in [0.25, 0.3) is 0 Å². The minimum absolute atomic E-state index is 0.00449. The summed E-state index contributed by atoms with van der Waals surface area (Å²) in [5.41, 5.74) is 1.93. The third-order valence-electron chi connectivity index (χ3n) is 2.64. The first-order valence-corrected chi connectivity index (χ1v) is 7.70. The summed E-state index contributed by atoms with van der Waals surface area (Å²) in [4.78, 5) is 11.5. The molecule has 0 unspecified atom stereocenters. The molecule has 4 heteroatoms. The fourth-order valence-electron chi connectivity index (χ4n) is 1.75. The predicted molar refractivity (Wildman–Crippen MR) is 84.7 cm³/mol. The summed E-state index contributed by atoms with van der Waals surface area (Å²) in [5.74, 6) is 2.02. The van der Waals surface area contributed by atoms with Crippen LogP contribution in [-0.4, -0.2) is 17.9 Å². The lowest BCUT2D eigenvalue weighted by Crippen LogP contribution is -2.13. The molecule has 1 amide bonds. The molecule has 3 nitrogen and oxygen atoms in total. The minimum Gasteiger partial charge on any atom is -0.457 e. The van der Waals surface area contributed by atoms with Crippen molar-refractivity contribution in [2.24, 2.45) is 0 Å². The lowest BCUT2D eigenvalue weighted by molar-refractivity contribution is -0.113. The molecule has 2 rings (SSSR count). The van der Waals surface area contributed by atoms with Crippen molar-refractivity contribution in [3.63, 3.8) is 0 Å². The van der Waals surface area contributed by atoms with Gasteiger partial charge in [0.2, 0.25) is 5.91 Å². The van der Waals surface area contributed by atoms with E-state index in [2.05, 4.69) is 5.32 Å². The van der Waals surface area contributed by atoms with Gasteiger partial charge < -0.3 is 10.1 Å². The van der Waals surface area contributed by atoms with Gasteiger partial charge in [0.15, 0.2) is 0 Å². The van der Waals surface area contributed by atoms with Crippen molar-refractivity contribution in [2.75, 3.05) is 17.3 Å². The Balaban J connectivity index is 1.99. The summed E-state index contributed by atoms with van der Waals surface area (Å²) >= 11 is 1.50. The van der Waals surface area contributed by atoms with E-state index in [9.17, 15) is 4.79 Å². The highest BCUT2D eigenvalue weighted by molar-refractivity contribution is 7.99.